The fraction of sp³-hybridized carbons (Fsp3) is 0.800. The smallest absolute Gasteiger partial charge is 0.322 e. The van der Waals surface area contributed by atoms with Crippen molar-refractivity contribution < 1.29 is 23.6 Å². The summed E-state index contributed by atoms with van der Waals surface area (Å²) in [5, 5.41) is 5.32. The van der Waals surface area contributed by atoms with Crippen LogP contribution in [-0.2, 0) is 23.6 Å². The summed E-state index contributed by atoms with van der Waals surface area (Å²) in [5.41, 5.74) is 5.39. The Kier molecular flexibility index (Phi) is 9.08. The molecule has 0 heterocycles. The molecule has 20 heavy (non-hydrogen) atoms. The van der Waals surface area contributed by atoms with Crippen molar-refractivity contribution in [2.75, 3.05) is 26.5 Å². The van der Waals surface area contributed by atoms with Crippen LogP contribution in [0.15, 0.2) is 0 Å². The molecule has 10 heteroatoms. The van der Waals surface area contributed by atoms with E-state index in [4.69, 9.17) is 5.73 Å². The van der Waals surface area contributed by atoms with Crippen LogP contribution in [0.3, 0.4) is 0 Å². The Morgan fingerprint density at radius 3 is 1.85 bits per heavy atom. The van der Waals surface area contributed by atoms with Gasteiger partial charge in [-0.25, -0.2) is 10.2 Å². The second-order valence-electron chi connectivity index (χ2n) is 3.92. The van der Waals surface area contributed by atoms with Gasteiger partial charge in [-0.2, -0.15) is 0 Å². The zero-order valence-corrected chi connectivity index (χ0v) is 13.8. The normalized spacial score (nSPS) is 16.9. The fourth-order valence-corrected chi connectivity index (χ4v) is 5.56. The van der Waals surface area contributed by atoms with Crippen molar-refractivity contribution in [3.05, 3.63) is 0 Å². The first-order valence-corrected chi connectivity index (χ1v) is 9.25. The van der Waals surface area contributed by atoms with Crippen LogP contribution in [0.1, 0.15) is 13.8 Å². The molecule has 0 bridgehead atoms. The van der Waals surface area contributed by atoms with E-state index < -0.39 is 30.7 Å². The van der Waals surface area contributed by atoms with Gasteiger partial charge in [0.15, 0.2) is 0 Å². The number of carbonyl (C=O) groups excluding carboxylic acids is 2. The highest BCUT2D eigenvalue weighted by atomic mass is 32.7. The average molecular weight is 327 g/mol. The molecule has 3 atom stereocenters. The van der Waals surface area contributed by atoms with Gasteiger partial charge in [0.2, 0.25) is 0 Å². The molecular formula is C10H22N3O5PS. The summed E-state index contributed by atoms with van der Waals surface area (Å²) in [6.07, 6.45) is 0. The van der Waals surface area contributed by atoms with Crippen LogP contribution in [0.4, 0.5) is 0 Å². The molecular weight excluding hydrogens is 305 g/mol. The molecule has 0 rings (SSSR count). The number of hydrogen-bond donors (Lipinski definition) is 3. The van der Waals surface area contributed by atoms with Crippen LogP contribution >= 0.6 is 18.0 Å². The first-order valence-electron chi connectivity index (χ1n) is 5.95. The van der Waals surface area contributed by atoms with Crippen molar-refractivity contribution in [3.63, 3.8) is 0 Å². The summed E-state index contributed by atoms with van der Waals surface area (Å²) in [4.78, 5) is 22.8. The molecule has 0 spiro atoms. The van der Waals surface area contributed by atoms with Crippen LogP contribution in [0.25, 0.3) is 0 Å². The predicted molar refractivity (Wildman–Crippen MR) is 78.3 cm³/mol. The zero-order chi connectivity index (χ0) is 15.8. The van der Waals surface area contributed by atoms with Crippen molar-refractivity contribution in [2.24, 2.45) is 5.73 Å². The molecule has 0 aromatic heterocycles. The minimum atomic E-state index is -3.25. The highest BCUT2D eigenvalue weighted by Crippen LogP contribution is 2.51. The summed E-state index contributed by atoms with van der Waals surface area (Å²) >= 11 is 1.03. The zero-order valence-electron chi connectivity index (χ0n) is 12.0. The molecule has 1 unspecified atom stereocenters. The molecule has 0 aliphatic rings. The Balaban J connectivity index is 4.86. The van der Waals surface area contributed by atoms with Gasteiger partial charge < -0.3 is 15.2 Å². The molecule has 8 nitrogen and oxygen atoms in total. The largest absolute Gasteiger partial charge is 0.468 e. The lowest BCUT2D eigenvalue weighted by molar-refractivity contribution is -0.142. The molecule has 0 fully saturated rings. The monoisotopic (exact) mass is 327 g/mol. The SMILES string of the molecule is COC(=O)[C@H](C)NP(=O)(N[C@H](C)C(=O)OC)SCCN. The maximum atomic E-state index is 12.7. The van der Waals surface area contributed by atoms with Crippen LogP contribution in [-0.4, -0.2) is 50.5 Å². The van der Waals surface area contributed by atoms with Crippen LogP contribution in [0.2, 0.25) is 0 Å². The second kappa shape index (κ2) is 9.36. The minimum Gasteiger partial charge on any atom is -0.468 e. The molecule has 0 aromatic carbocycles. The van der Waals surface area contributed by atoms with Gasteiger partial charge >= 0.3 is 11.9 Å². The summed E-state index contributed by atoms with van der Waals surface area (Å²) in [5.74, 6) is -0.698. The predicted octanol–water partition coefficient (Wildman–Crippen LogP) is 0.0886. The number of ether oxygens (including phenoxy) is 2. The minimum absolute atomic E-state index is 0.317. The van der Waals surface area contributed by atoms with Crippen molar-refractivity contribution in [3.8, 4) is 0 Å². The Morgan fingerprint density at radius 2 is 1.55 bits per heavy atom. The van der Waals surface area contributed by atoms with E-state index in [1.165, 1.54) is 28.1 Å². The third-order valence-electron chi connectivity index (χ3n) is 2.23. The highest BCUT2D eigenvalue weighted by molar-refractivity contribution is 8.56. The van der Waals surface area contributed by atoms with Crippen molar-refractivity contribution in [1.82, 2.24) is 10.2 Å². The van der Waals surface area contributed by atoms with Gasteiger partial charge in [0.05, 0.1) is 14.2 Å². The maximum absolute atomic E-state index is 12.7. The van der Waals surface area contributed by atoms with Gasteiger partial charge in [0, 0.05) is 12.3 Å². The summed E-state index contributed by atoms with van der Waals surface area (Å²) < 4.78 is 21.8. The van der Waals surface area contributed by atoms with Crippen LogP contribution < -0.4 is 15.9 Å². The van der Waals surface area contributed by atoms with Crippen LogP contribution in [0.5, 0.6) is 0 Å². The highest BCUT2D eigenvalue weighted by Gasteiger charge is 2.31. The lowest BCUT2D eigenvalue weighted by atomic mass is 10.4. The summed E-state index contributed by atoms with van der Waals surface area (Å²) in [6.45, 7) is 0.109. The van der Waals surface area contributed by atoms with Gasteiger partial charge in [-0.1, -0.05) is 11.4 Å². The second-order valence-corrected chi connectivity index (χ2v) is 8.52. The molecule has 0 aromatic rings. The first-order chi connectivity index (χ1) is 9.29. The Morgan fingerprint density at radius 1 is 1.15 bits per heavy atom. The quantitative estimate of drug-likeness (QED) is 0.399. The fourth-order valence-electron chi connectivity index (χ4n) is 1.26. The lowest BCUT2D eigenvalue weighted by Gasteiger charge is -2.25. The number of carbonyl (C=O) groups is 2. The molecule has 4 N–H and O–H groups in total. The Hall–Kier alpha value is -0.600. The summed E-state index contributed by atoms with van der Waals surface area (Å²) in [7, 11) is 2.48. The Bertz CT molecular complexity index is 354. The summed E-state index contributed by atoms with van der Waals surface area (Å²) in [6, 6.07) is -1.57. The van der Waals surface area contributed by atoms with E-state index in [9.17, 15) is 14.2 Å². The lowest BCUT2D eigenvalue weighted by Crippen LogP contribution is -2.40. The van der Waals surface area contributed by atoms with Crippen LogP contribution in [0, 0.1) is 0 Å². The number of esters is 2. The third-order valence-corrected chi connectivity index (χ3v) is 6.73. The van der Waals surface area contributed by atoms with Gasteiger partial charge in [0.25, 0.3) is 6.65 Å². The van der Waals surface area contributed by atoms with Crippen molar-refractivity contribution >= 4 is 30.0 Å². The van der Waals surface area contributed by atoms with Gasteiger partial charge in [-0.05, 0) is 13.8 Å². The number of hydrogen-bond acceptors (Lipinski definition) is 7. The van der Waals surface area contributed by atoms with E-state index in [1.54, 1.807) is 0 Å². The third kappa shape index (κ3) is 6.71. The molecule has 0 aliphatic carbocycles. The number of nitrogens with one attached hydrogen (secondary N) is 2. The van der Waals surface area contributed by atoms with E-state index in [1.807, 2.05) is 0 Å². The molecule has 0 amide bonds. The number of methoxy groups -OCH3 is 2. The topological polar surface area (TPSA) is 120 Å². The Labute approximate surface area is 122 Å². The van der Waals surface area contributed by atoms with E-state index in [0.717, 1.165) is 11.4 Å². The van der Waals surface area contributed by atoms with E-state index in [2.05, 4.69) is 19.6 Å². The van der Waals surface area contributed by atoms with Crippen molar-refractivity contribution in [1.29, 1.82) is 0 Å². The van der Waals surface area contributed by atoms with Crippen molar-refractivity contribution in [2.45, 2.75) is 25.9 Å². The average Bonchev–Trinajstić information content (AvgIpc) is 2.42. The number of nitrogens with two attached hydrogens (primary N) is 1. The molecule has 0 aliphatic heterocycles. The van der Waals surface area contributed by atoms with E-state index in [-0.39, 0.29) is 0 Å². The van der Waals surface area contributed by atoms with Gasteiger partial charge in [-0.3, -0.25) is 14.2 Å². The van der Waals surface area contributed by atoms with Gasteiger partial charge in [-0.15, -0.1) is 0 Å². The molecule has 0 radical (unpaired) electrons. The molecule has 0 saturated heterocycles. The first kappa shape index (κ1) is 19.4. The standard InChI is InChI=1S/C10H22N3O5PS/c1-7(9(14)17-3)12-19(16,20-6-5-11)13-8(2)10(15)18-4/h7-8H,5-6,11H2,1-4H3,(H2,12,13,16)/t7-,8+,19?. The van der Waals surface area contributed by atoms with E-state index in [0.29, 0.717) is 12.3 Å². The maximum Gasteiger partial charge on any atom is 0.322 e. The van der Waals surface area contributed by atoms with E-state index >= 15 is 0 Å². The molecule has 118 valence electrons. The van der Waals surface area contributed by atoms with Gasteiger partial charge in [0.1, 0.15) is 12.1 Å². The molecule has 0 saturated carbocycles. The number of rotatable bonds is 9.